The molecule has 6 heteroatoms. The van der Waals surface area contributed by atoms with Gasteiger partial charge in [0.15, 0.2) is 9.84 Å². The Kier molecular flexibility index (Phi) is 4.87. The first-order valence-corrected chi connectivity index (χ1v) is 12.1. The maximum atomic E-state index is 11.9. The molecule has 2 heterocycles. The summed E-state index contributed by atoms with van der Waals surface area (Å²) in [6.45, 7) is 2.05. The molecule has 32 heavy (non-hydrogen) atoms. The normalized spacial score (nSPS) is 11.7. The van der Waals surface area contributed by atoms with Crippen LogP contribution in [0.4, 0.5) is 0 Å². The van der Waals surface area contributed by atoms with Crippen LogP contribution in [0.5, 0.6) is 0 Å². The minimum absolute atomic E-state index is 0.319. The second kappa shape index (κ2) is 7.73. The van der Waals surface area contributed by atoms with Gasteiger partial charge >= 0.3 is 0 Å². The Balaban J connectivity index is 1.60. The van der Waals surface area contributed by atoms with Crippen LogP contribution in [-0.4, -0.2) is 29.2 Å². The van der Waals surface area contributed by atoms with Gasteiger partial charge in [0.2, 0.25) is 0 Å². The number of fused-ring (bicyclic) bond motifs is 1. The molecular weight excluding hydrogens is 418 g/mol. The van der Waals surface area contributed by atoms with Crippen molar-refractivity contribution in [3.8, 4) is 28.2 Å². The number of aromatic nitrogens is 3. The molecule has 0 atom stereocenters. The second-order valence-corrected chi connectivity index (χ2v) is 9.84. The van der Waals surface area contributed by atoms with Crippen molar-refractivity contribution in [3.05, 3.63) is 97.1 Å². The van der Waals surface area contributed by atoms with E-state index in [1.807, 2.05) is 42.7 Å². The third-order valence-corrected chi connectivity index (χ3v) is 6.72. The number of nitrogens with zero attached hydrogens (tertiary/aromatic N) is 3. The van der Waals surface area contributed by atoms with Crippen molar-refractivity contribution in [1.82, 2.24) is 14.5 Å². The third kappa shape index (κ3) is 3.59. The molecule has 0 saturated carbocycles. The number of benzene rings is 3. The molecule has 158 valence electrons. The summed E-state index contributed by atoms with van der Waals surface area (Å²) in [5.41, 5.74) is 4.96. The fourth-order valence-electron chi connectivity index (χ4n) is 4.03. The lowest BCUT2D eigenvalue weighted by atomic mass is 10.0. The van der Waals surface area contributed by atoms with Gasteiger partial charge in [0, 0.05) is 42.0 Å². The van der Waals surface area contributed by atoms with Crippen molar-refractivity contribution in [2.75, 3.05) is 6.26 Å². The van der Waals surface area contributed by atoms with Gasteiger partial charge in [-0.15, -0.1) is 0 Å². The smallest absolute Gasteiger partial charge is 0.175 e. The van der Waals surface area contributed by atoms with Gasteiger partial charge in [0.05, 0.1) is 10.6 Å². The Hall–Kier alpha value is -3.77. The van der Waals surface area contributed by atoms with Crippen LogP contribution in [-0.2, 0) is 9.84 Å². The number of hydrogen-bond acceptors (Lipinski definition) is 4. The summed E-state index contributed by atoms with van der Waals surface area (Å²) in [4.78, 5) is 9.19. The van der Waals surface area contributed by atoms with E-state index in [1.54, 1.807) is 30.6 Å². The lowest BCUT2D eigenvalue weighted by molar-refractivity contribution is 0.602. The van der Waals surface area contributed by atoms with Gasteiger partial charge in [0.1, 0.15) is 5.82 Å². The quantitative estimate of drug-likeness (QED) is 0.373. The third-order valence-electron chi connectivity index (χ3n) is 5.61. The molecule has 0 N–H and O–H groups in total. The molecule has 0 fully saturated rings. The van der Waals surface area contributed by atoms with Crippen molar-refractivity contribution >= 4 is 20.6 Å². The molecule has 0 bridgehead atoms. The van der Waals surface area contributed by atoms with E-state index in [2.05, 4.69) is 39.7 Å². The molecule has 0 aliphatic carbocycles. The van der Waals surface area contributed by atoms with E-state index in [4.69, 9.17) is 0 Å². The Labute approximate surface area is 186 Å². The summed E-state index contributed by atoms with van der Waals surface area (Å²) >= 11 is 0. The maximum absolute atomic E-state index is 11.9. The highest BCUT2D eigenvalue weighted by Gasteiger charge is 2.14. The first kappa shape index (κ1) is 20.2. The number of aryl methyl sites for hydroxylation is 1. The van der Waals surface area contributed by atoms with Crippen molar-refractivity contribution < 1.29 is 8.42 Å². The Bertz CT molecular complexity index is 1560. The summed E-state index contributed by atoms with van der Waals surface area (Å²) in [6, 6.07) is 21.3. The molecule has 0 aliphatic rings. The van der Waals surface area contributed by atoms with Gasteiger partial charge in [-0.1, -0.05) is 36.4 Å². The van der Waals surface area contributed by atoms with E-state index in [0.29, 0.717) is 4.90 Å². The van der Waals surface area contributed by atoms with Crippen LogP contribution in [0.15, 0.2) is 96.4 Å². The highest BCUT2D eigenvalue weighted by Crippen LogP contribution is 2.31. The van der Waals surface area contributed by atoms with Gasteiger partial charge < -0.3 is 0 Å². The minimum Gasteiger partial charge on any atom is -0.300 e. The van der Waals surface area contributed by atoms with Gasteiger partial charge in [0.25, 0.3) is 0 Å². The summed E-state index contributed by atoms with van der Waals surface area (Å²) in [5, 5.41) is 2.17. The van der Waals surface area contributed by atoms with Crippen LogP contribution < -0.4 is 0 Å². The van der Waals surface area contributed by atoms with Crippen molar-refractivity contribution in [2.24, 2.45) is 0 Å². The van der Waals surface area contributed by atoms with Crippen LogP contribution in [0.2, 0.25) is 0 Å². The molecule has 5 rings (SSSR count). The van der Waals surface area contributed by atoms with Gasteiger partial charge in [-0.3, -0.25) is 9.55 Å². The molecule has 0 unspecified atom stereocenters. The molecule has 0 amide bonds. The average molecular weight is 440 g/mol. The fraction of sp³-hybridized carbons (Fsp3) is 0.0769. The van der Waals surface area contributed by atoms with Crippen molar-refractivity contribution in [1.29, 1.82) is 0 Å². The highest BCUT2D eigenvalue weighted by molar-refractivity contribution is 7.90. The molecule has 0 aliphatic heterocycles. The molecule has 3 aromatic carbocycles. The van der Waals surface area contributed by atoms with E-state index in [-0.39, 0.29) is 0 Å². The van der Waals surface area contributed by atoms with Crippen LogP contribution in [0, 0.1) is 6.92 Å². The molecule has 5 nitrogen and oxygen atoms in total. The number of pyridine rings is 1. The molecule has 0 radical (unpaired) electrons. The maximum Gasteiger partial charge on any atom is 0.175 e. The largest absolute Gasteiger partial charge is 0.300 e. The first-order valence-electron chi connectivity index (χ1n) is 10.2. The van der Waals surface area contributed by atoms with Gasteiger partial charge in [-0.2, -0.15) is 0 Å². The molecule has 0 saturated heterocycles. The van der Waals surface area contributed by atoms with E-state index in [9.17, 15) is 8.42 Å². The van der Waals surface area contributed by atoms with Crippen LogP contribution in [0.3, 0.4) is 0 Å². The lowest BCUT2D eigenvalue weighted by Gasteiger charge is -2.14. The highest BCUT2D eigenvalue weighted by atomic mass is 32.2. The van der Waals surface area contributed by atoms with Crippen LogP contribution in [0.1, 0.15) is 5.56 Å². The number of imidazole rings is 1. The zero-order chi connectivity index (χ0) is 22.3. The minimum atomic E-state index is -3.26. The zero-order valence-electron chi connectivity index (χ0n) is 17.7. The first-order chi connectivity index (χ1) is 15.4. The monoisotopic (exact) mass is 439 g/mol. The van der Waals surface area contributed by atoms with Crippen LogP contribution in [0.25, 0.3) is 39.0 Å². The topological polar surface area (TPSA) is 64.8 Å². The van der Waals surface area contributed by atoms with Crippen molar-refractivity contribution in [3.63, 3.8) is 0 Å². The lowest BCUT2D eigenvalue weighted by Crippen LogP contribution is -2.00. The Morgan fingerprint density at radius 3 is 2.50 bits per heavy atom. The predicted octanol–water partition coefficient (Wildman–Crippen LogP) is 5.47. The predicted molar refractivity (Wildman–Crippen MR) is 128 cm³/mol. The number of sulfone groups is 1. The van der Waals surface area contributed by atoms with E-state index in [1.165, 1.54) is 6.26 Å². The average Bonchev–Trinajstić information content (AvgIpc) is 3.27. The summed E-state index contributed by atoms with van der Waals surface area (Å²) in [5.74, 6) is 0.858. The summed E-state index contributed by atoms with van der Waals surface area (Å²) in [6.07, 6.45) is 8.64. The zero-order valence-corrected chi connectivity index (χ0v) is 18.5. The Morgan fingerprint density at radius 1 is 0.875 bits per heavy atom. The number of hydrogen-bond donors (Lipinski definition) is 0. The van der Waals surface area contributed by atoms with Gasteiger partial charge in [-0.05, 0) is 59.3 Å². The Morgan fingerprint density at radius 2 is 1.69 bits per heavy atom. The van der Waals surface area contributed by atoms with Gasteiger partial charge in [-0.25, -0.2) is 13.4 Å². The van der Waals surface area contributed by atoms with Crippen molar-refractivity contribution in [2.45, 2.75) is 11.8 Å². The van der Waals surface area contributed by atoms with E-state index < -0.39 is 9.84 Å². The standard InChI is InChI=1S/C26H21N3O2S/c1-18-15-20(19-5-3-7-22(16-19)32(2,30)31)9-10-25(18)29-14-13-28-26(29)24-8-4-6-21-17-27-12-11-23(21)24/h3-17H,1-2H3. The van der Waals surface area contributed by atoms with E-state index in [0.717, 1.165) is 44.5 Å². The molecular formula is C26H21N3O2S. The molecule has 2 aromatic heterocycles. The van der Waals surface area contributed by atoms with E-state index >= 15 is 0 Å². The van der Waals surface area contributed by atoms with Crippen LogP contribution >= 0.6 is 0 Å². The SMILES string of the molecule is Cc1cc(-c2cccc(S(C)(=O)=O)c2)ccc1-n1ccnc1-c1cccc2cnccc12. The molecule has 0 spiro atoms. The fourth-order valence-corrected chi connectivity index (χ4v) is 4.69. The molecule has 5 aromatic rings. The summed E-state index contributed by atoms with van der Waals surface area (Å²) < 4.78 is 26.0. The number of rotatable bonds is 4. The summed E-state index contributed by atoms with van der Waals surface area (Å²) in [7, 11) is -3.26. The second-order valence-electron chi connectivity index (χ2n) is 7.82.